The average molecular weight is 442 g/mol. The number of carbonyl (C=O) groups excluding carboxylic acids is 3. The Morgan fingerprint density at radius 3 is 2.17 bits per heavy atom. The standard InChI is InChI=1S/C20H31N3O6S/c1-7-23(8-2)30(27,28)16-11-9-10-15(12-16)18(24)22-17(13(3)4)19(25)21-14(5)20(26)29-6/h9-14,17H,7-8H2,1-6H3,(H,21,25)(H,22,24)/t14-,17+/m0/s1. The monoisotopic (exact) mass is 441 g/mol. The van der Waals surface area contributed by atoms with Crippen molar-refractivity contribution < 1.29 is 27.5 Å². The third kappa shape index (κ3) is 6.27. The van der Waals surface area contributed by atoms with Crippen LogP contribution in [0.2, 0.25) is 0 Å². The van der Waals surface area contributed by atoms with Gasteiger partial charge in [-0.05, 0) is 31.0 Å². The van der Waals surface area contributed by atoms with Gasteiger partial charge in [-0.15, -0.1) is 0 Å². The number of nitrogens with one attached hydrogen (secondary N) is 2. The molecule has 0 unspecified atom stereocenters. The van der Waals surface area contributed by atoms with Crippen molar-refractivity contribution in [2.75, 3.05) is 20.2 Å². The van der Waals surface area contributed by atoms with Gasteiger partial charge in [0.2, 0.25) is 15.9 Å². The molecule has 0 saturated heterocycles. The fraction of sp³-hybridized carbons (Fsp3) is 0.550. The number of carbonyl (C=O) groups is 3. The molecule has 0 aromatic heterocycles. The molecule has 1 aromatic rings. The molecule has 0 fully saturated rings. The zero-order chi connectivity index (χ0) is 23.1. The molecule has 0 heterocycles. The Hall–Kier alpha value is -2.46. The molecule has 1 aromatic carbocycles. The Bertz CT molecular complexity index is 865. The number of hydrogen-bond acceptors (Lipinski definition) is 6. The first-order valence-electron chi connectivity index (χ1n) is 9.78. The molecule has 0 aliphatic carbocycles. The minimum absolute atomic E-state index is 0.00344. The average Bonchev–Trinajstić information content (AvgIpc) is 2.71. The van der Waals surface area contributed by atoms with Crippen LogP contribution in [0.4, 0.5) is 0 Å². The predicted molar refractivity (Wildman–Crippen MR) is 112 cm³/mol. The summed E-state index contributed by atoms with van der Waals surface area (Å²) in [4.78, 5) is 36.8. The number of methoxy groups -OCH3 is 1. The lowest BCUT2D eigenvalue weighted by molar-refractivity contribution is -0.144. The third-order valence-corrected chi connectivity index (χ3v) is 6.63. The molecule has 2 N–H and O–H groups in total. The Morgan fingerprint density at radius 2 is 1.67 bits per heavy atom. The zero-order valence-corrected chi connectivity index (χ0v) is 19.1. The fourth-order valence-electron chi connectivity index (χ4n) is 2.81. The van der Waals surface area contributed by atoms with E-state index in [-0.39, 0.29) is 16.4 Å². The first kappa shape index (κ1) is 25.6. The summed E-state index contributed by atoms with van der Waals surface area (Å²) in [5.74, 6) is -2.01. The van der Waals surface area contributed by atoms with Gasteiger partial charge >= 0.3 is 5.97 Å². The molecule has 0 bridgehead atoms. The van der Waals surface area contributed by atoms with Crippen LogP contribution < -0.4 is 10.6 Å². The van der Waals surface area contributed by atoms with Gasteiger partial charge in [0.1, 0.15) is 12.1 Å². The maximum absolute atomic E-state index is 12.7. The van der Waals surface area contributed by atoms with Gasteiger partial charge in [0, 0.05) is 18.7 Å². The number of hydrogen-bond donors (Lipinski definition) is 2. The molecule has 0 saturated carbocycles. The summed E-state index contributed by atoms with van der Waals surface area (Å²) < 4.78 is 31.3. The van der Waals surface area contributed by atoms with Crippen molar-refractivity contribution in [3.8, 4) is 0 Å². The summed E-state index contributed by atoms with van der Waals surface area (Å²) in [6, 6.07) is 3.87. The smallest absolute Gasteiger partial charge is 0.328 e. The highest BCUT2D eigenvalue weighted by Gasteiger charge is 2.28. The zero-order valence-electron chi connectivity index (χ0n) is 18.3. The van der Waals surface area contributed by atoms with Crippen LogP contribution in [0.5, 0.6) is 0 Å². The maximum Gasteiger partial charge on any atom is 0.328 e. The van der Waals surface area contributed by atoms with Gasteiger partial charge in [0.05, 0.1) is 12.0 Å². The number of esters is 1. The molecule has 2 amide bonds. The van der Waals surface area contributed by atoms with Gasteiger partial charge in [0.25, 0.3) is 5.91 Å². The summed E-state index contributed by atoms with van der Waals surface area (Å²) in [6.07, 6.45) is 0. The largest absolute Gasteiger partial charge is 0.467 e. The number of sulfonamides is 1. The van der Waals surface area contributed by atoms with Crippen LogP contribution in [0, 0.1) is 5.92 Å². The second-order valence-electron chi connectivity index (χ2n) is 7.07. The van der Waals surface area contributed by atoms with Gasteiger partial charge in [-0.1, -0.05) is 33.8 Å². The highest BCUT2D eigenvalue weighted by molar-refractivity contribution is 7.89. The van der Waals surface area contributed by atoms with Crippen LogP contribution in [0.3, 0.4) is 0 Å². The molecule has 0 spiro atoms. The second kappa shape index (κ2) is 11.1. The van der Waals surface area contributed by atoms with E-state index >= 15 is 0 Å². The SMILES string of the molecule is CCN(CC)S(=O)(=O)c1cccc(C(=O)N[C@@H](C(=O)N[C@@H](C)C(=O)OC)C(C)C)c1. The lowest BCUT2D eigenvalue weighted by Crippen LogP contribution is -2.53. The van der Waals surface area contributed by atoms with Crippen LogP contribution in [-0.4, -0.2) is 62.8 Å². The van der Waals surface area contributed by atoms with E-state index < -0.39 is 39.9 Å². The molecular formula is C20H31N3O6S. The Morgan fingerprint density at radius 1 is 1.07 bits per heavy atom. The van der Waals surface area contributed by atoms with Crippen molar-refractivity contribution in [2.45, 2.75) is 51.6 Å². The summed E-state index contributed by atoms with van der Waals surface area (Å²) in [5, 5.41) is 5.12. The van der Waals surface area contributed by atoms with E-state index in [1.165, 1.54) is 42.6 Å². The van der Waals surface area contributed by atoms with Crippen molar-refractivity contribution in [2.24, 2.45) is 5.92 Å². The number of amides is 2. The molecular weight excluding hydrogens is 410 g/mol. The number of rotatable bonds is 10. The highest BCUT2D eigenvalue weighted by Crippen LogP contribution is 2.17. The summed E-state index contributed by atoms with van der Waals surface area (Å²) in [6.45, 7) is 9.05. The van der Waals surface area contributed by atoms with E-state index in [9.17, 15) is 22.8 Å². The second-order valence-corrected chi connectivity index (χ2v) is 9.00. The Balaban J connectivity index is 3.07. The molecule has 0 aliphatic heterocycles. The summed E-state index contributed by atoms with van der Waals surface area (Å²) >= 11 is 0. The minimum Gasteiger partial charge on any atom is -0.467 e. The molecule has 2 atom stereocenters. The normalized spacial score (nSPS) is 13.6. The first-order chi connectivity index (χ1) is 14.0. The van der Waals surface area contributed by atoms with Gasteiger partial charge in [0.15, 0.2) is 0 Å². The van der Waals surface area contributed by atoms with Crippen LogP contribution in [0.1, 0.15) is 45.0 Å². The van der Waals surface area contributed by atoms with Crippen molar-refractivity contribution in [3.63, 3.8) is 0 Å². The first-order valence-corrected chi connectivity index (χ1v) is 11.2. The van der Waals surface area contributed by atoms with E-state index in [0.717, 1.165) is 0 Å². The molecule has 0 aliphatic rings. The highest BCUT2D eigenvalue weighted by atomic mass is 32.2. The Labute approximate surface area is 178 Å². The lowest BCUT2D eigenvalue weighted by atomic mass is 10.0. The topological polar surface area (TPSA) is 122 Å². The summed E-state index contributed by atoms with van der Waals surface area (Å²) in [5.41, 5.74) is 0.114. The molecule has 9 nitrogen and oxygen atoms in total. The van der Waals surface area contributed by atoms with Gasteiger partial charge in [-0.3, -0.25) is 9.59 Å². The van der Waals surface area contributed by atoms with Gasteiger partial charge < -0.3 is 15.4 Å². The molecule has 0 radical (unpaired) electrons. The van der Waals surface area contributed by atoms with Gasteiger partial charge in [-0.2, -0.15) is 4.31 Å². The fourth-order valence-corrected chi connectivity index (χ4v) is 4.31. The Kier molecular flexibility index (Phi) is 9.44. The molecule has 1 rings (SSSR count). The van der Waals surface area contributed by atoms with Crippen LogP contribution in [0.15, 0.2) is 29.2 Å². The molecule has 168 valence electrons. The summed E-state index contributed by atoms with van der Waals surface area (Å²) in [7, 11) is -2.51. The van der Waals surface area contributed by atoms with E-state index in [2.05, 4.69) is 15.4 Å². The number of ether oxygens (including phenoxy) is 1. The van der Waals surface area contributed by atoms with E-state index in [0.29, 0.717) is 13.1 Å². The van der Waals surface area contributed by atoms with Crippen LogP contribution in [0.25, 0.3) is 0 Å². The maximum atomic E-state index is 12.7. The molecule has 30 heavy (non-hydrogen) atoms. The quantitative estimate of drug-likeness (QED) is 0.525. The van der Waals surface area contributed by atoms with Crippen LogP contribution >= 0.6 is 0 Å². The van der Waals surface area contributed by atoms with Crippen molar-refractivity contribution in [1.82, 2.24) is 14.9 Å². The van der Waals surface area contributed by atoms with E-state index in [4.69, 9.17) is 0 Å². The van der Waals surface area contributed by atoms with Crippen molar-refractivity contribution in [3.05, 3.63) is 29.8 Å². The van der Waals surface area contributed by atoms with Crippen molar-refractivity contribution in [1.29, 1.82) is 0 Å². The predicted octanol–water partition coefficient (Wildman–Crippen LogP) is 1.15. The minimum atomic E-state index is -3.72. The number of nitrogens with zero attached hydrogens (tertiary/aromatic N) is 1. The molecule has 10 heteroatoms. The van der Waals surface area contributed by atoms with E-state index in [1.54, 1.807) is 27.7 Å². The third-order valence-electron chi connectivity index (χ3n) is 4.59. The lowest BCUT2D eigenvalue weighted by Gasteiger charge is -2.23. The number of benzene rings is 1. The van der Waals surface area contributed by atoms with Crippen LogP contribution in [-0.2, 0) is 24.3 Å². The van der Waals surface area contributed by atoms with Crippen molar-refractivity contribution >= 4 is 27.8 Å². The van der Waals surface area contributed by atoms with Gasteiger partial charge in [-0.25, -0.2) is 13.2 Å². The van der Waals surface area contributed by atoms with E-state index in [1.807, 2.05) is 0 Å².